The number of ether oxygens (including phenoxy) is 4. The van der Waals surface area contributed by atoms with Gasteiger partial charge < -0.3 is 24.3 Å². The molecule has 0 saturated heterocycles. The molecule has 27 heavy (non-hydrogen) atoms. The van der Waals surface area contributed by atoms with Gasteiger partial charge in [-0.25, -0.2) is 0 Å². The lowest BCUT2D eigenvalue weighted by molar-refractivity contribution is -0.174. The maximum absolute atomic E-state index is 12.5. The average Bonchev–Trinajstić information content (AvgIpc) is 2.56. The SMILES string of the molecule is CCOc1cc(C(=O)NC(C)COCC(F)(F)F)cc(OCC)c1OCC. The van der Waals surface area contributed by atoms with E-state index in [0.29, 0.717) is 37.1 Å². The van der Waals surface area contributed by atoms with Crippen LogP contribution in [0, 0.1) is 0 Å². The first kappa shape index (κ1) is 22.9. The quantitative estimate of drug-likeness (QED) is 0.623. The van der Waals surface area contributed by atoms with Crippen molar-refractivity contribution in [1.29, 1.82) is 0 Å². The predicted molar refractivity (Wildman–Crippen MR) is 93.8 cm³/mol. The first-order chi connectivity index (χ1) is 12.7. The fraction of sp³-hybridized carbons (Fsp3) is 0.611. The number of benzene rings is 1. The molecule has 1 unspecified atom stereocenters. The lowest BCUT2D eigenvalue weighted by Gasteiger charge is -2.18. The van der Waals surface area contributed by atoms with E-state index >= 15 is 0 Å². The minimum atomic E-state index is -4.41. The molecule has 1 N–H and O–H groups in total. The Morgan fingerprint density at radius 2 is 1.56 bits per heavy atom. The fourth-order valence-corrected chi connectivity index (χ4v) is 2.22. The third-order valence-electron chi connectivity index (χ3n) is 3.18. The van der Waals surface area contributed by atoms with Crippen LogP contribution in [0.1, 0.15) is 38.1 Å². The molecule has 0 bridgehead atoms. The zero-order chi connectivity index (χ0) is 20.4. The van der Waals surface area contributed by atoms with Crippen LogP contribution in [-0.2, 0) is 4.74 Å². The second-order valence-corrected chi connectivity index (χ2v) is 5.61. The minimum Gasteiger partial charge on any atom is -0.490 e. The van der Waals surface area contributed by atoms with Crippen molar-refractivity contribution in [2.24, 2.45) is 0 Å². The predicted octanol–water partition coefficient (Wildman–Crippen LogP) is 3.58. The van der Waals surface area contributed by atoms with Gasteiger partial charge in [0.1, 0.15) is 6.61 Å². The Hall–Kier alpha value is -2.16. The number of halogens is 3. The molecule has 0 aliphatic heterocycles. The van der Waals surface area contributed by atoms with E-state index in [4.69, 9.17) is 14.2 Å². The van der Waals surface area contributed by atoms with Gasteiger partial charge in [-0.3, -0.25) is 4.79 Å². The Labute approximate surface area is 156 Å². The third-order valence-corrected chi connectivity index (χ3v) is 3.18. The summed E-state index contributed by atoms with van der Waals surface area (Å²) in [5.74, 6) is 0.634. The van der Waals surface area contributed by atoms with Gasteiger partial charge >= 0.3 is 6.18 Å². The highest BCUT2D eigenvalue weighted by Gasteiger charge is 2.28. The molecule has 0 aliphatic rings. The van der Waals surface area contributed by atoms with Crippen LogP contribution in [0.25, 0.3) is 0 Å². The Kier molecular flexibility index (Phi) is 9.20. The molecule has 1 amide bonds. The zero-order valence-electron chi connectivity index (χ0n) is 15.9. The normalized spacial score (nSPS) is 12.4. The summed E-state index contributed by atoms with van der Waals surface area (Å²) in [6.07, 6.45) is -4.41. The second-order valence-electron chi connectivity index (χ2n) is 5.61. The van der Waals surface area contributed by atoms with Crippen LogP contribution in [0.4, 0.5) is 13.2 Å². The van der Waals surface area contributed by atoms with Crippen LogP contribution < -0.4 is 19.5 Å². The fourth-order valence-electron chi connectivity index (χ4n) is 2.22. The molecule has 1 atom stereocenters. The van der Waals surface area contributed by atoms with Crippen LogP contribution in [0.5, 0.6) is 17.2 Å². The molecular weight excluding hydrogens is 367 g/mol. The number of carbonyl (C=O) groups is 1. The summed E-state index contributed by atoms with van der Waals surface area (Å²) in [5.41, 5.74) is 0.244. The molecule has 0 saturated carbocycles. The maximum atomic E-state index is 12.5. The van der Waals surface area contributed by atoms with E-state index in [1.165, 1.54) is 12.1 Å². The van der Waals surface area contributed by atoms with E-state index in [1.807, 2.05) is 6.92 Å². The van der Waals surface area contributed by atoms with Gasteiger partial charge in [0, 0.05) is 11.6 Å². The molecule has 1 aromatic carbocycles. The molecule has 0 aromatic heterocycles. The molecule has 1 aromatic rings. The van der Waals surface area contributed by atoms with Gasteiger partial charge in [0.25, 0.3) is 5.91 Å². The van der Waals surface area contributed by atoms with Gasteiger partial charge in [-0.05, 0) is 39.8 Å². The molecule has 0 fully saturated rings. The van der Waals surface area contributed by atoms with Crippen LogP contribution in [0.3, 0.4) is 0 Å². The van der Waals surface area contributed by atoms with Crippen molar-refractivity contribution in [1.82, 2.24) is 5.32 Å². The van der Waals surface area contributed by atoms with Crippen molar-refractivity contribution in [3.63, 3.8) is 0 Å². The van der Waals surface area contributed by atoms with Gasteiger partial charge in [-0.2, -0.15) is 13.2 Å². The molecule has 1 rings (SSSR count). The molecule has 154 valence electrons. The zero-order valence-corrected chi connectivity index (χ0v) is 15.9. The van der Waals surface area contributed by atoms with E-state index < -0.39 is 24.7 Å². The van der Waals surface area contributed by atoms with Crippen molar-refractivity contribution >= 4 is 5.91 Å². The molecule has 0 heterocycles. The molecule has 0 radical (unpaired) electrons. The summed E-state index contributed by atoms with van der Waals surface area (Å²) in [6, 6.07) is 2.41. The first-order valence-corrected chi connectivity index (χ1v) is 8.73. The van der Waals surface area contributed by atoms with Gasteiger partial charge in [0.15, 0.2) is 11.5 Å². The number of hydrogen-bond acceptors (Lipinski definition) is 5. The second kappa shape index (κ2) is 10.9. The Morgan fingerprint density at radius 3 is 2.00 bits per heavy atom. The van der Waals surface area contributed by atoms with Crippen molar-refractivity contribution in [2.75, 3.05) is 33.0 Å². The van der Waals surface area contributed by atoms with E-state index in [1.54, 1.807) is 20.8 Å². The molecule has 0 aliphatic carbocycles. The van der Waals surface area contributed by atoms with E-state index in [0.717, 1.165) is 0 Å². The van der Waals surface area contributed by atoms with Gasteiger partial charge in [-0.15, -0.1) is 0 Å². The summed E-state index contributed by atoms with van der Waals surface area (Å²) in [5, 5.41) is 2.59. The summed E-state index contributed by atoms with van der Waals surface area (Å²) in [7, 11) is 0. The van der Waals surface area contributed by atoms with E-state index in [2.05, 4.69) is 10.1 Å². The Balaban J connectivity index is 2.91. The van der Waals surface area contributed by atoms with E-state index in [9.17, 15) is 18.0 Å². The topological polar surface area (TPSA) is 66.0 Å². The number of hydrogen-bond donors (Lipinski definition) is 1. The molecule has 0 spiro atoms. The molecular formula is C18H26F3NO5. The minimum absolute atomic E-state index is 0.244. The van der Waals surface area contributed by atoms with Crippen molar-refractivity contribution < 1.29 is 36.9 Å². The number of alkyl halides is 3. The largest absolute Gasteiger partial charge is 0.490 e. The summed E-state index contributed by atoms with van der Waals surface area (Å²) < 4.78 is 57.6. The standard InChI is InChI=1S/C18H26F3NO5/c1-5-25-14-8-13(9-15(26-6-2)16(14)27-7-3)17(23)22-12(4)10-24-11-18(19,20)21/h8-9,12H,5-7,10-11H2,1-4H3,(H,22,23). The van der Waals surface area contributed by atoms with Gasteiger partial charge in [0.05, 0.1) is 26.4 Å². The van der Waals surface area contributed by atoms with Gasteiger partial charge in [0.2, 0.25) is 5.75 Å². The van der Waals surface area contributed by atoms with Crippen molar-refractivity contribution in [2.45, 2.75) is 39.9 Å². The number of rotatable bonds is 11. The van der Waals surface area contributed by atoms with E-state index in [-0.39, 0.29) is 12.2 Å². The highest BCUT2D eigenvalue weighted by Crippen LogP contribution is 2.39. The van der Waals surface area contributed by atoms with Crippen LogP contribution in [0.15, 0.2) is 12.1 Å². The van der Waals surface area contributed by atoms with Crippen molar-refractivity contribution in [3.8, 4) is 17.2 Å². The van der Waals surface area contributed by atoms with Crippen LogP contribution >= 0.6 is 0 Å². The molecule has 6 nitrogen and oxygen atoms in total. The summed E-state index contributed by atoms with van der Waals surface area (Å²) >= 11 is 0. The summed E-state index contributed by atoms with van der Waals surface area (Å²) in [6.45, 7) is 6.43. The van der Waals surface area contributed by atoms with Crippen LogP contribution in [-0.4, -0.2) is 51.2 Å². The lowest BCUT2D eigenvalue weighted by Crippen LogP contribution is -2.36. The maximum Gasteiger partial charge on any atom is 0.411 e. The highest BCUT2D eigenvalue weighted by molar-refractivity contribution is 5.95. The Bertz CT molecular complexity index is 580. The molecule has 9 heteroatoms. The van der Waals surface area contributed by atoms with Crippen LogP contribution in [0.2, 0.25) is 0 Å². The Morgan fingerprint density at radius 1 is 1.04 bits per heavy atom. The number of nitrogens with one attached hydrogen (secondary N) is 1. The highest BCUT2D eigenvalue weighted by atomic mass is 19.4. The first-order valence-electron chi connectivity index (χ1n) is 8.73. The lowest BCUT2D eigenvalue weighted by atomic mass is 10.1. The number of amides is 1. The van der Waals surface area contributed by atoms with Crippen molar-refractivity contribution in [3.05, 3.63) is 17.7 Å². The monoisotopic (exact) mass is 393 g/mol. The third kappa shape index (κ3) is 7.94. The number of carbonyl (C=O) groups excluding carboxylic acids is 1. The average molecular weight is 393 g/mol. The van der Waals surface area contributed by atoms with Gasteiger partial charge in [-0.1, -0.05) is 0 Å². The smallest absolute Gasteiger partial charge is 0.411 e. The summed E-state index contributed by atoms with van der Waals surface area (Å²) in [4.78, 5) is 12.5.